The molecule has 1 heterocycles. The summed E-state index contributed by atoms with van der Waals surface area (Å²) in [7, 11) is -0.842. The number of esters is 1. The van der Waals surface area contributed by atoms with Crippen molar-refractivity contribution in [3.8, 4) is 11.5 Å². The number of fused-ring (bicyclic) bond motifs is 1. The first kappa shape index (κ1) is 17.1. The van der Waals surface area contributed by atoms with Crippen molar-refractivity contribution in [1.29, 1.82) is 0 Å². The Kier molecular flexibility index (Phi) is 4.27. The molecule has 0 fully saturated rings. The Balaban J connectivity index is 1.91. The standard InChI is InChI=1S/C16H16N2O6S/c1-22-12-8-7-11-13(14(12)23-2)16(19)24-15(11)18-9-3-5-10(6-4-9)25(17,20)21/h3-8,15,18H,1-2H3,(H2,17,20,21)/t15-/m1/s1. The normalized spacial score (nSPS) is 16.1. The van der Waals surface area contributed by atoms with Gasteiger partial charge in [0.15, 0.2) is 11.5 Å². The molecule has 0 aliphatic carbocycles. The zero-order chi connectivity index (χ0) is 18.2. The molecule has 1 atom stereocenters. The van der Waals surface area contributed by atoms with Gasteiger partial charge in [-0.1, -0.05) is 0 Å². The third-order valence-corrected chi connectivity index (χ3v) is 4.70. The van der Waals surface area contributed by atoms with Gasteiger partial charge in [0, 0.05) is 11.3 Å². The van der Waals surface area contributed by atoms with Crippen LogP contribution in [0, 0.1) is 0 Å². The maximum atomic E-state index is 12.2. The fourth-order valence-corrected chi connectivity index (χ4v) is 3.12. The molecule has 0 spiro atoms. The van der Waals surface area contributed by atoms with Crippen LogP contribution in [0.2, 0.25) is 0 Å². The van der Waals surface area contributed by atoms with Crippen molar-refractivity contribution in [2.24, 2.45) is 5.14 Å². The van der Waals surface area contributed by atoms with Crippen molar-refractivity contribution in [3.63, 3.8) is 0 Å². The number of nitrogens with two attached hydrogens (primary N) is 1. The quantitative estimate of drug-likeness (QED) is 0.774. The highest BCUT2D eigenvalue weighted by Gasteiger charge is 2.35. The van der Waals surface area contributed by atoms with Crippen LogP contribution in [0.15, 0.2) is 41.3 Å². The number of methoxy groups -OCH3 is 2. The molecule has 3 rings (SSSR count). The summed E-state index contributed by atoms with van der Waals surface area (Å²) in [6.07, 6.45) is -0.734. The van der Waals surface area contributed by atoms with Crippen LogP contribution in [0.1, 0.15) is 22.1 Å². The molecule has 25 heavy (non-hydrogen) atoms. The molecule has 0 saturated carbocycles. The van der Waals surface area contributed by atoms with Crippen LogP contribution in [0.25, 0.3) is 0 Å². The fourth-order valence-electron chi connectivity index (χ4n) is 2.60. The lowest BCUT2D eigenvalue weighted by Crippen LogP contribution is -2.13. The number of benzene rings is 2. The summed E-state index contributed by atoms with van der Waals surface area (Å²) in [4.78, 5) is 12.2. The molecule has 2 aromatic carbocycles. The number of sulfonamides is 1. The topological polar surface area (TPSA) is 117 Å². The van der Waals surface area contributed by atoms with Gasteiger partial charge in [-0.05, 0) is 36.4 Å². The Bertz CT molecular complexity index is 924. The monoisotopic (exact) mass is 364 g/mol. The maximum absolute atomic E-state index is 12.2. The predicted molar refractivity (Wildman–Crippen MR) is 89.1 cm³/mol. The van der Waals surface area contributed by atoms with Gasteiger partial charge in [-0.25, -0.2) is 18.4 Å². The van der Waals surface area contributed by atoms with E-state index in [1.165, 1.54) is 38.5 Å². The van der Waals surface area contributed by atoms with Gasteiger partial charge in [-0.2, -0.15) is 0 Å². The molecule has 132 valence electrons. The SMILES string of the molecule is COc1ccc2c(c1OC)C(=O)O[C@H]2Nc1ccc(S(N)(=O)=O)cc1. The van der Waals surface area contributed by atoms with Crippen molar-refractivity contribution in [2.45, 2.75) is 11.1 Å². The average Bonchev–Trinajstić information content (AvgIpc) is 2.89. The fraction of sp³-hybridized carbons (Fsp3) is 0.188. The van der Waals surface area contributed by atoms with Gasteiger partial charge in [-0.15, -0.1) is 0 Å². The average molecular weight is 364 g/mol. The molecule has 1 aliphatic heterocycles. The van der Waals surface area contributed by atoms with Crippen LogP contribution in [-0.4, -0.2) is 28.6 Å². The van der Waals surface area contributed by atoms with Gasteiger partial charge in [0.2, 0.25) is 16.3 Å². The highest BCUT2D eigenvalue weighted by atomic mass is 32.2. The van der Waals surface area contributed by atoms with Crippen LogP contribution in [0.4, 0.5) is 5.69 Å². The van der Waals surface area contributed by atoms with Gasteiger partial charge in [0.05, 0.1) is 19.1 Å². The largest absolute Gasteiger partial charge is 0.493 e. The summed E-state index contributed by atoms with van der Waals surface area (Å²) in [5, 5.41) is 8.09. The van der Waals surface area contributed by atoms with Gasteiger partial charge >= 0.3 is 5.97 Å². The molecule has 0 unspecified atom stereocenters. The van der Waals surface area contributed by atoms with E-state index in [4.69, 9.17) is 19.3 Å². The van der Waals surface area contributed by atoms with Crippen LogP contribution in [-0.2, 0) is 14.8 Å². The third kappa shape index (κ3) is 3.11. The third-order valence-electron chi connectivity index (χ3n) is 3.77. The highest BCUT2D eigenvalue weighted by molar-refractivity contribution is 7.89. The van der Waals surface area contributed by atoms with Gasteiger partial charge in [-0.3, -0.25) is 0 Å². The number of carbonyl (C=O) groups excluding carboxylic acids is 1. The molecular weight excluding hydrogens is 348 g/mol. The van der Waals surface area contributed by atoms with Crippen molar-refractivity contribution in [2.75, 3.05) is 19.5 Å². The lowest BCUT2D eigenvalue weighted by Gasteiger charge is -2.15. The lowest BCUT2D eigenvalue weighted by atomic mass is 10.1. The summed E-state index contributed by atoms with van der Waals surface area (Å²) >= 11 is 0. The number of anilines is 1. The van der Waals surface area contributed by atoms with E-state index in [0.29, 0.717) is 28.3 Å². The van der Waals surface area contributed by atoms with Crippen molar-refractivity contribution in [1.82, 2.24) is 0 Å². The summed E-state index contributed by atoms with van der Waals surface area (Å²) < 4.78 is 38.4. The number of hydrogen-bond donors (Lipinski definition) is 2. The molecule has 8 nitrogen and oxygen atoms in total. The molecule has 9 heteroatoms. The van der Waals surface area contributed by atoms with Crippen LogP contribution < -0.4 is 19.9 Å². The second kappa shape index (κ2) is 6.26. The zero-order valence-electron chi connectivity index (χ0n) is 13.5. The number of nitrogens with one attached hydrogen (secondary N) is 1. The lowest BCUT2D eigenvalue weighted by molar-refractivity contribution is 0.0435. The Hall–Kier alpha value is -2.78. The molecule has 0 amide bonds. The van der Waals surface area contributed by atoms with Crippen LogP contribution in [0.5, 0.6) is 11.5 Å². The number of rotatable bonds is 5. The predicted octanol–water partition coefficient (Wildman–Crippen LogP) is 1.63. The van der Waals surface area contributed by atoms with E-state index in [1.807, 2.05) is 0 Å². The minimum atomic E-state index is -3.76. The number of ether oxygens (including phenoxy) is 3. The second-order valence-electron chi connectivity index (χ2n) is 5.26. The van der Waals surface area contributed by atoms with E-state index < -0.39 is 22.2 Å². The van der Waals surface area contributed by atoms with E-state index in [2.05, 4.69) is 5.32 Å². The number of hydrogen-bond acceptors (Lipinski definition) is 7. The summed E-state index contributed by atoms with van der Waals surface area (Å²) in [6.45, 7) is 0. The van der Waals surface area contributed by atoms with Crippen molar-refractivity contribution in [3.05, 3.63) is 47.5 Å². The summed E-state index contributed by atoms with van der Waals surface area (Å²) in [6, 6.07) is 9.18. The Labute approximate surface area is 144 Å². The van der Waals surface area contributed by atoms with Gasteiger partial charge in [0.1, 0.15) is 5.56 Å². The minimum absolute atomic E-state index is 0.00623. The van der Waals surface area contributed by atoms with Crippen molar-refractivity contribution >= 4 is 21.7 Å². The summed E-state index contributed by atoms with van der Waals surface area (Å²) in [5.74, 6) is 0.194. The molecule has 1 aliphatic rings. The van der Waals surface area contributed by atoms with Crippen LogP contribution >= 0.6 is 0 Å². The molecule has 0 bridgehead atoms. The van der Waals surface area contributed by atoms with E-state index >= 15 is 0 Å². The van der Waals surface area contributed by atoms with E-state index in [1.54, 1.807) is 12.1 Å². The maximum Gasteiger partial charge on any atom is 0.344 e. The Morgan fingerprint density at radius 2 is 1.76 bits per heavy atom. The zero-order valence-corrected chi connectivity index (χ0v) is 14.3. The smallest absolute Gasteiger partial charge is 0.344 e. The Morgan fingerprint density at radius 3 is 2.32 bits per heavy atom. The van der Waals surface area contributed by atoms with E-state index in [9.17, 15) is 13.2 Å². The molecular formula is C16H16N2O6S. The van der Waals surface area contributed by atoms with Gasteiger partial charge < -0.3 is 19.5 Å². The molecule has 0 radical (unpaired) electrons. The molecule has 3 N–H and O–H groups in total. The minimum Gasteiger partial charge on any atom is -0.493 e. The number of primary sulfonamides is 1. The second-order valence-corrected chi connectivity index (χ2v) is 6.83. The first-order valence-electron chi connectivity index (χ1n) is 7.20. The Morgan fingerprint density at radius 1 is 1.08 bits per heavy atom. The van der Waals surface area contributed by atoms with E-state index in [-0.39, 0.29) is 4.90 Å². The van der Waals surface area contributed by atoms with E-state index in [0.717, 1.165) is 0 Å². The summed E-state index contributed by atoms with van der Waals surface area (Å²) in [5.41, 5.74) is 1.45. The number of cyclic esters (lactones) is 1. The highest BCUT2D eigenvalue weighted by Crippen LogP contribution is 2.42. The van der Waals surface area contributed by atoms with Crippen molar-refractivity contribution < 1.29 is 27.4 Å². The molecule has 0 aromatic heterocycles. The first-order valence-corrected chi connectivity index (χ1v) is 8.75. The van der Waals surface area contributed by atoms with Gasteiger partial charge in [0.25, 0.3) is 0 Å². The molecule has 2 aromatic rings. The molecule has 0 saturated heterocycles. The first-order chi connectivity index (χ1) is 11.8. The number of carbonyl (C=O) groups is 1. The van der Waals surface area contributed by atoms with Crippen LogP contribution in [0.3, 0.4) is 0 Å².